The highest BCUT2D eigenvalue weighted by Gasteiger charge is 2.27. The second kappa shape index (κ2) is 7.39. The molecule has 126 valence electrons. The van der Waals surface area contributed by atoms with Crippen molar-refractivity contribution in [2.24, 2.45) is 0 Å². The molecule has 3 rings (SSSR count). The van der Waals surface area contributed by atoms with Gasteiger partial charge >= 0.3 is 17.4 Å². The summed E-state index contributed by atoms with van der Waals surface area (Å²) in [6, 6.07) is 15.9. The molecule has 0 aliphatic heterocycles. The molecule has 3 aromatic rings. The summed E-state index contributed by atoms with van der Waals surface area (Å²) in [5, 5.41) is 11.5. The summed E-state index contributed by atoms with van der Waals surface area (Å²) in [6.45, 7) is 2.04. The largest absolute Gasteiger partial charge is 0.433 e. The molecule has 1 heterocycles. The molecule has 1 aromatic heterocycles. The molecule has 0 N–H and O–H groups in total. The summed E-state index contributed by atoms with van der Waals surface area (Å²) in [4.78, 5) is 18.6. The lowest BCUT2D eigenvalue weighted by Crippen LogP contribution is -2.01. The third-order valence-corrected chi connectivity index (χ3v) is 3.44. The average Bonchev–Trinajstić information content (AvgIpc) is 2.63. The second-order valence-corrected chi connectivity index (χ2v) is 5.10. The molecule has 0 spiro atoms. The fourth-order valence-electron chi connectivity index (χ4n) is 2.16. The summed E-state index contributed by atoms with van der Waals surface area (Å²) in [5.41, 5.74) is 0.712. The Morgan fingerprint density at radius 1 is 0.920 bits per heavy atom. The van der Waals surface area contributed by atoms with E-state index in [4.69, 9.17) is 9.47 Å². The Hall–Kier alpha value is -3.48. The van der Waals surface area contributed by atoms with Crippen molar-refractivity contribution in [2.75, 3.05) is 0 Å². The van der Waals surface area contributed by atoms with Gasteiger partial charge in [0.15, 0.2) is 0 Å². The summed E-state index contributed by atoms with van der Waals surface area (Å²) >= 11 is 0. The Morgan fingerprint density at radius 2 is 1.48 bits per heavy atom. The number of para-hydroxylation sites is 1. The molecule has 0 atom stereocenters. The molecular weight excluding hydrogens is 322 g/mol. The van der Waals surface area contributed by atoms with Crippen LogP contribution < -0.4 is 9.47 Å². The van der Waals surface area contributed by atoms with E-state index in [1.807, 2.05) is 25.1 Å². The molecule has 0 unspecified atom stereocenters. The minimum absolute atomic E-state index is 0.171. The van der Waals surface area contributed by atoms with Crippen LogP contribution in [0.2, 0.25) is 0 Å². The smallest absolute Gasteiger partial charge is 0.393 e. The van der Waals surface area contributed by atoms with Crippen LogP contribution in [-0.2, 0) is 6.42 Å². The standard InChI is InChI=1S/C18H15N3O4/c1-2-13-8-10-15(11-9-13)25-18-16(21(22)23)17(19-12-20-18)24-14-6-4-3-5-7-14/h3-12H,2H2,1H3. The molecule has 7 heteroatoms. The van der Waals surface area contributed by atoms with E-state index in [-0.39, 0.29) is 11.8 Å². The number of rotatable bonds is 6. The number of nitro groups is 1. The highest BCUT2D eigenvalue weighted by Crippen LogP contribution is 2.37. The first-order chi connectivity index (χ1) is 12.2. The van der Waals surface area contributed by atoms with Crippen LogP contribution in [0, 0.1) is 10.1 Å². The fourth-order valence-corrected chi connectivity index (χ4v) is 2.16. The van der Waals surface area contributed by atoms with Gasteiger partial charge in [-0.05, 0) is 36.2 Å². The lowest BCUT2D eigenvalue weighted by molar-refractivity contribution is -0.387. The summed E-state index contributed by atoms with van der Waals surface area (Å²) < 4.78 is 11.1. The molecule has 0 radical (unpaired) electrons. The first-order valence-electron chi connectivity index (χ1n) is 7.66. The first-order valence-corrected chi connectivity index (χ1v) is 7.66. The zero-order valence-electron chi connectivity index (χ0n) is 13.5. The average molecular weight is 337 g/mol. The van der Waals surface area contributed by atoms with Crippen LogP contribution >= 0.6 is 0 Å². The maximum atomic E-state index is 11.5. The highest BCUT2D eigenvalue weighted by atomic mass is 16.6. The van der Waals surface area contributed by atoms with Crippen LogP contribution in [0.1, 0.15) is 12.5 Å². The molecule has 0 bridgehead atoms. The second-order valence-electron chi connectivity index (χ2n) is 5.10. The summed E-state index contributed by atoms with van der Waals surface area (Å²) in [6.07, 6.45) is 2.06. The molecule has 2 aromatic carbocycles. The number of nitrogens with zero attached hydrogens (tertiary/aromatic N) is 3. The number of aromatic nitrogens is 2. The number of benzene rings is 2. The quantitative estimate of drug-likeness (QED) is 0.485. The zero-order valence-corrected chi connectivity index (χ0v) is 13.5. The van der Waals surface area contributed by atoms with Crippen LogP contribution in [0.3, 0.4) is 0 Å². The molecule has 0 saturated heterocycles. The van der Waals surface area contributed by atoms with Crippen LogP contribution in [0.15, 0.2) is 60.9 Å². The molecule has 0 aliphatic carbocycles. The van der Waals surface area contributed by atoms with Crippen molar-refractivity contribution in [1.29, 1.82) is 0 Å². The van der Waals surface area contributed by atoms with Gasteiger partial charge in [0.05, 0.1) is 4.92 Å². The third-order valence-electron chi connectivity index (χ3n) is 3.44. The molecule has 0 fully saturated rings. The van der Waals surface area contributed by atoms with Gasteiger partial charge < -0.3 is 9.47 Å². The van der Waals surface area contributed by atoms with Gasteiger partial charge in [0.1, 0.15) is 17.8 Å². The number of aryl methyl sites for hydroxylation is 1. The van der Waals surface area contributed by atoms with Crippen LogP contribution in [0.5, 0.6) is 23.3 Å². The normalized spacial score (nSPS) is 10.3. The van der Waals surface area contributed by atoms with Gasteiger partial charge in [0.2, 0.25) is 0 Å². The van der Waals surface area contributed by atoms with E-state index in [1.54, 1.807) is 36.4 Å². The van der Waals surface area contributed by atoms with Crippen LogP contribution in [-0.4, -0.2) is 14.9 Å². The topological polar surface area (TPSA) is 87.4 Å². The lowest BCUT2D eigenvalue weighted by atomic mass is 10.2. The van der Waals surface area contributed by atoms with E-state index in [0.717, 1.165) is 12.0 Å². The Kier molecular flexibility index (Phi) is 4.84. The van der Waals surface area contributed by atoms with Crippen molar-refractivity contribution >= 4 is 5.69 Å². The Morgan fingerprint density at radius 3 is 2.00 bits per heavy atom. The Bertz CT molecular complexity index is 867. The lowest BCUT2D eigenvalue weighted by Gasteiger charge is -2.09. The first kappa shape index (κ1) is 16.4. The van der Waals surface area contributed by atoms with E-state index < -0.39 is 10.6 Å². The number of hydrogen-bond donors (Lipinski definition) is 0. The van der Waals surface area contributed by atoms with Crippen molar-refractivity contribution in [3.63, 3.8) is 0 Å². The predicted molar refractivity (Wildman–Crippen MR) is 91.1 cm³/mol. The monoisotopic (exact) mass is 337 g/mol. The molecular formula is C18H15N3O4. The minimum atomic E-state index is -0.617. The van der Waals surface area contributed by atoms with Crippen molar-refractivity contribution in [2.45, 2.75) is 13.3 Å². The maximum absolute atomic E-state index is 11.5. The van der Waals surface area contributed by atoms with E-state index >= 15 is 0 Å². The highest BCUT2D eigenvalue weighted by molar-refractivity contribution is 5.52. The van der Waals surface area contributed by atoms with Crippen molar-refractivity contribution in [3.05, 3.63) is 76.6 Å². The predicted octanol–water partition coefficient (Wildman–Crippen LogP) is 4.53. The number of ether oxygens (including phenoxy) is 2. The fraction of sp³-hybridized carbons (Fsp3) is 0.111. The zero-order chi connectivity index (χ0) is 17.6. The summed E-state index contributed by atoms with van der Waals surface area (Å²) in [5.74, 6) is 0.536. The Balaban J connectivity index is 1.93. The van der Waals surface area contributed by atoms with Gasteiger partial charge in [-0.2, -0.15) is 9.97 Å². The minimum Gasteiger partial charge on any atom is -0.433 e. The van der Waals surface area contributed by atoms with Crippen LogP contribution in [0.4, 0.5) is 5.69 Å². The van der Waals surface area contributed by atoms with Gasteiger partial charge in [-0.3, -0.25) is 10.1 Å². The molecule has 0 aliphatic rings. The van der Waals surface area contributed by atoms with Gasteiger partial charge in [-0.25, -0.2) is 0 Å². The van der Waals surface area contributed by atoms with E-state index in [9.17, 15) is 10.1 Å². The SMILES string of the molecule is CCc1ccc(Oc2ncnc(Oc3ccccc3)c2[N+](=O)[O-])cc1. The van der Waals surface area contributed by atoms with E-state index in [0.29, 0.717) is 11.5 Å². The maximum Gasteiger partial charge on any atom is 0.393 e. The van der Waals surface area contributed by atoms with Gasteiger partial charge in [-0.15, -0.1) is 0 Å². The molecule has 0 amide bonds. The van der Waals surface area contributed by atoms with Crippen molar-refractivity contribution < 1.29 is 14.4 Å². The van der Waals surface area contributed by atoms with Crippen molar-refractivity contribution in [1.82, 2.24) is 9.97 Å². The molecule has 25 heavy (non-hydrogen) atoms. The van der Waals surface area contributed by atoms with Crippen molar-refractivity contribution in [3.8, 4) is 23.3 Å². The third kappa shape index (κ3) is 3.89. The van der Waals surface area contributed by atoms with Gasteiger partial charge in [0.25, 0.3) is 0 Å². The molecule has 7 nitrogen and oxygen atoms in total. The summed E-state index contributed by atoms with van der Waals surface area (Å²) in [7, 11) is 0. The van der Waals surface area contributed by atoms with Crippen LogP contribution in [0.25, 0.3) is 0 Å². The number of hydrogen-bond acceptors (Lipinski definition) is 6. The van der Waals surface area contributed by atoms with E-state index in [2.05, 4.69) is 9.97 Å². The van der Waals surface area contributed by atoms with E-state index in [1.165, 1.54) is 6.33 Å². The van der Waals surface area contributed by atoms with Gasteiger partial charge in [-0.1, -0.05) is 37.3 Å². The Labute approximate surface area is 144 Å². The molecule has 0 saturated carbocycles. The van der Waals surface area contributed by atoms with Gasteiger partial charge in [0, 0.05) is 0 Å².